The lowest BCUT2D eigenvalue weighted by molar-refractivity contribution is -0.660. The molecule has 0 aliphatic rings. The number of aryl methyl sites for hydroxylation is 12. The van der Waals surface area contributed by atoms with Crippen LogP contribution in [0.5, 0.6) is 0 Å². The van der Waals surface area contributed by atoms with Crippen LogP contribution in [0.2, 0.25) is 0 Å². The zero-order chi connectivity index (χ0) is 104. The first-order valence-electron chi connectivity index (χ1n) is 50.6. The number of furan rings is 4. The summed E-state index contributed by atoms with van der Waals surface area (Å²) in [5, 5.41) is 7.88. The molecule has 14 heteroatoms. The summed E-state index contributed by atoms with van der Waals surface area (Å²) >= 11 is 0. The Morgan fingerprint density at radius 1 is 0.320 bits per heavy atom. The molecule has 0 spiro atoms. The second kappa shape index (κ2) is 35.4. The van der Waals surface area contributed by atoms with Gasteiger partial charge in [-0.15, -0.1) is 0 Å². The third kappa shape index (κ3) is 17.0. The first-order valence-corrected chi connectivity index (χ1v) is 42.6. The monoisotopic (exact) mass is 1710 g/mol. The molecule has 0 fully saturated rings. The average molecular weight is 1710 g/mol. The van der Waals surface area contributed by atoms with Crippen molar-refractivity contribution in [1.82, 2.24) is 19.9 Å². The zero-order valence-corrected chi connectivity index (χ0v) is 74.6. The van der Waals surface area contributed by atoms with Gasteiger partial charge in [-0.25, -0.2) is 47.0 Å². The van der Waals surface area contributed by atoms with Crippen molar-refractivity contribution in [2.24, 2.45) is 40.0 Å². The smallest absolute Gasteiger partial charge is 0.227 e. The van der Waals surface area contributed by atoms with Crippen molar-refractivity contribution in [2.75, 3.05) is 0 Å². The van der Waals surface area contributed by atoms with E-state index >= 15 is 4.39 Å². The molecule has 640 valence electrons. The Kier molecular flexibility index (Phi) is 18.9. The van der Waals surface area contributed by atoms with Crippen molar-refractivity contribution in [1.29, 1.82) is 0 Å². The first kappa shape index (κ1) is 68.3. The maximum absolute atomic E-state index is 16.0. The predicted octanol–water partition coefficient (Wildman–Crippen LogP) is 27.9. The first-order chi connectivity index (χ1) is 67.7. The van der Waals surface area contributed by atoms with Crippen molar-refractivity contribution in [3.05, 3.63) is 334 Å². The Labute approximate surface area is 770 Å². The third-order valence-corrected chi connectivity index (χ3v) is 23.9. The summed E-state index contributed by atoms with van der Waals surface area (Å²) in [5.41, 5.74) is 27.8. The van der Waals surface area contributed by atoms with Gasteiger partial charge in [-0.05, 0) is 254 Å². The molecule has 8 aromatic carbocycles. The minimum atomic E-state index is -2.93. The van der Waals surface area contributed by atoms with E-state index in [1.54, 1.807) is 24.4 Å². The fourth-order valence-electron chi connectivity index (χ4n) is 17.3. The summed E-state index contributed by atoms with van der Waals surface area (Å²) in [6.45, 7) is 10.1. The van der Waals surface area contributed by atoms with Crippen molar-refractivity contribution >= 4 is 88.3 Å². The van der Waals surface area contributed by atoms with E-state index in [0.717, 1.165) is 186 Å². The molecule has 0 N–H and O–H groups in total. The highest BCUT2D eigenvalue weighted by Gasteiger charge is 2.29. The molecule has 20 aromatic rings. The van der Waals surface area contributed by atoms with Gasteiger partial charge in [0.15, 0.2) is 47.1 Å². The van der Waals surface area contributed by atoms with Crippen LogP contribution in [0.4, 0.5) is 8.78 Å². The molecule has 0 amide bonds. The third-order valence-electron chi connectivity index (χ3n) is 23.9. The van der Waals surface area contributed by atoms with E-state index < -0.39 is 73.7 Å². The van der Waals surface area contributed by atoms with E-state index in [4.69, 9.17) is 39.6 Å². The van der Waals surface area contributed by atoms with Gasteiger partial charge in [0.05, 0.1) is 22.3 Å². The molecular weight excluding hydrogens is 1580 g/mol. The fourth-order valence-corrected chi connectivity index (χ4v) is 17.3. The van der Waals surface area contributed by atoms with Crippen LogP contribution in [0, 0.1) is 78.8 Å². The van der Waals surface area contributed by atoms with Crippen molar-refractivity contribution < 1.29 is 66.6 Å². The largest absolute Gasteiger partial charge is 0.437 e. The Hall–Kier alpha value is -14.0. The van der Waals surface area contributed by atoms with Gasteiger partial charge in [0.2, 0.25) is 45.6 Å². The average Bonchev–Trinajstić information content (AvgIpc) is 1.03. The number of aromatic nitrogens is 8. The van der Waals surface area contributed by atoms with Crippen LogP contribution in [0.1, 0.15) is 156 Å². The van der Waals surface area contributed by atoms with E-state index in [1.165, 1.54) is 48.7 Å². The standard InChI is InChI=1S/C31H32FN2O.C29H28FN2O.C29H29N2O.C25H21N2O/c1-17(2)25-14-22(15-26(18(3)4)29(25)32)21-12-13-34(7)27(16-21)28-19(5)8-10-23-24-11-9-20(6)33-31(24)35-30(23)28;1-17(2)14-22-15-20(8-11-25(22)30)21-12-13-32(5)26(16-21)27-18(3)6-9-23-24-10-7-19(4)31-29(24)33-28(23)27;1-18(2)15-21-7-6-8-22(16-21)23-13-14-31(5)26(17-23)27-19(3)9-11-24-25-12-10-20(4)30-29(25)32-28(24)27;1-16-9-12-20-21-13-10-17(2)26-25(21)28-24(20)23(16)22-14-11-19(15-27(22)3)18-7-5-4-6-8-18/h8-18H,1-7H3;6-13,15-17H,14H2,1-5H3;6-14,16-18H,15H2,1-5H3;4-15H,1-3H3/q4*+1/i1D3,3D3,17D,18D;1D3,17D;1D3,18D;. The van der Waals surface area contributed by atoms with Gasteiger partial charge >= 0.3 is 0 Å². The maximum atomic E-state index is 16.0. The fraction of sp³-hybridized carbons (Fsp3) is 0.228. The number of hydrogen-bond donors (Lipinski definition) is 0. The highest BCUT2D eigenvalue weighted by Crippen LogP contribution is 2.44. The number of hydrogen-bond acceptors (Lipinski definition) is 8. The van der Waals surface area contributed by atoms with Gasteiger partial charge in [-0.1, -0.05) is 164 Å². The van der Waals surface area contributed by atoms with E-state index in [1.807, 2.05) is 187 Å². The summed E-state index contributed by atoms with van der Waals surface area (Å²) in [6.07, 6.45) is 7.85. The summed E-state index contributed by atoms with van der Waals surface area (Å²) in [5.74, 6) is -9.90. The molecule has 4 unspecified atom stereocenters. The van der Waals surface area contributed by atoms with Crippen LogP contribution < -0.4 is 18.3 Å². The molecule has 128 heavy (non-hydrogen) atoms. The second-order valence-electron chi connectivity index (χ2n) is 33.7. The Morgan fingerprint density at radius 3 is 1.08 bits per heavy atom. The summed E-state index contributed by atoms with van der Waals surface area (Å²) in [4.78, 5) is 18.3. The molecule has 12 heterocycles. The number of benzene rings is 8. The lowest BCUT2D eigenvalue weighted by atomic mass is 9.89. The molecule has 12 nitrogen and oxygen atoms in total. The van der Waals surface area contributed by atoms with Crippen molar-refractivity contribution in [3.63, 3.8) is 0 Å². The normalized spacial score (nSPS) is 15.8. The van der Waals surface area contributed by atoms with Crippen molar-refractivity contribution in [2.45, 2.75) is 135 Å². The van der Waals surface area contributed by atoms with E-state index in [2.05, 4.69) is 147 Å². The number of nitrogens with zero attached hydrogens (tertiary/aromatic N) is 8. The van der Waals surface area contributed by atoms with Crippen LogP contribution in [-0.4, -0.2) is 19.9 Å². The predicted molar refractivity (Wildman–Crippen MR) is 517 cm³/mol. The van der Waals surface area contributed by atoms with Crippen LogP contribution >= 0.6 is 0 Å². The van der Waals surface area contributed by atoms with E-state index in [-0.39, 0.29) is 24.0 Å². The summed E-state index contributed by atoms with van der Waals surface area (Å²) in [7, 11) is 7.92. The summed E-state index contributed by atoms with van der Waals surface area (Å²) < 4.78 is 192. The Balaban J connectivity index is 0.000000133. The molecule has 0 aliphatic heterocycles. The minimum Gasteiger partial charge on any atom is -0.437 e. The lowest BCUT2D eigenvalue weighted by Crippen LogP contribution is -2.30. The van der Waals surface area contributed by atoms with Gasteiger partial charge < -0.3 is 17.7 Å². The number of pyridine rings is 8. The molecule has 12 aromatic heterocycles. The van der Waals surface area contributed by atoms with Gasteiger partial charge in [0, 0.05) is 136 Å². The van der Waals surface area contributed by atoms with Gasteiger partial charge in [-0.2, -0.15) is 0 Å². The SMILES string of the molecule is Cc1ccc2c(n1)oc1c(-c3ccc(-c4ccccc4)c[n+]3C)c(C)ccc12.[2H]C([2H])([2H])C([2H])(C)Cc1cc(-c2cc[n+](C)c(-c3c(C)ccc4c3oc3nc(C)ccc34)c2)ccc1F.[2H]C([2H])([2H])C([2H])(C)Cc1cccc(-c2cc[n+](C)c(-c3c(C)ccc4c3oc3nc(C)ccc34)c2)c1.[2H]C([2H])([2H])C([2H])(C)c1cc(-c2cc[n+](C)c(-c3c(C)ccc4c3oc3nc(C)ccc34)c2)cc(C([2H])(C)C([2H])([2H])[2H])c1F. The number of rotatable bonds is 14. The van der Waals surface area contributed by atoms with Gasteiger partial charge in [0.1, 0.15) is 39.8 Å². The van der Waals surface area contributed by atoms with Crippen LogP contribution in [0.25, 0.3) is 178 Å². The Morgan fingerprint density at radius 2 is 0.680 bits per heavy atom. The number of halogens is 2. The van der Waals surface area contributed by atoms with Crippen LogP contribution in [0.15, 0.2) is 273 Å². The lowest BCUT2D eigenvalue weighted by Gasteiger charge is -2.17. The van der Waals surface area contributed by atoms with Crippen LogP contribution in [-0.2, 0) is 41.0 Å². The molecule has 0 radical (unpaired) electrons. The van der Waals surface area contributed by atoms with E-state index in [0.29, 0.717) is 34.0 Å². The maximum Gasteiger partial charge on any atom is 0.227 e. The van der Waals surface area contributed by atoms with Gasteiger partial charge in [0.25, 0.3) is 0 Å². The van der Waals surface area contributed by atoms with E-state index in [9.17, 15) is 4.39 Å². The van der Waals surface area contributed by atoms with Crippen molar-refractivity contribution in [3.8, 4) is 89.5 Å². The topological polar surface area (TPSA) is 120 Å². The molecule has 20 rings (SSSR count). The molecule has 0 bridgehead atoms. The summed E-state index contributed by atoms with van der Waals surface area (Å²) in [6, 6.07) is 74.2. The highest BCUT2D eigenvalue weighted by molar-refractivity contribution is 6.12. The van der Waals surface area contributed by atoms with Gasteiger partial charge in [-0.3, -0.25) is 0 Å². The molecule has 4 atom stereocenters. The highest BCUT2D eigenvalue weighted by atomic mass is 19.1. The zero-order valence-electron chi connectivity index (χ0n) is 90.6. The molecule has 0 saturated heterocycles. The second-order valence-corrected chi connectivity index (χ2v) is 33.7. The van der Waals surface area contributed by atoms with Crippen LogP contribution in [0.3, 0.4) is 0 Å². The molecule has 0 aliphatic carbocycles. The minimum absolute atomic E-state index is 0.147. The molecule has 0 saturated carbocycles. The number of fused-ring (bicyclic) bond motifs is 12. The molecular formula is C114H110F2N8O4+4. The Bertz CT molecular complexity index is 8440. The quantitative estimate of drug-likeness (QED) is 0.0988.